The van der Waals surface area contributed by atoms with E-state index in [0.717, 1.165) is 17.0 Å². The molecule has 0 heterocycles. The maximum atomic E-state index is 6.06. The monoisotopic (exact) mass is 274 g/mol. The molecule has 2 atom stereocenters. The van der Waals surface area contributed by atoms with Crippen molar-refractivity contribution < 1.29 is 4.74 Å². The molecule has 14 heavy (non-hydrogen) atoms. The maximum Gasteiger partial charge on any atom is 0.137 e. The van der Waals surface area contributed by atoms with Gasteiger partial charge in [0.15, 0.2) is 0 Å². The molecule has 0 amide bonds. The van der Waals surface area contributed by atoms with Crippen LogP contribution in [0.1, 0.15) is 17.9 Å². The van der Waals surface area contributed by atoms with Gasteiger partial charge in [-0.05, 0) is 36.0 Å². The highest BCUT2D eigenvalue weighted by molar-refractivity contribution is 9.09. The minimum Gasteiger partial charge on any atom is -0.495 e. The number of halogens is 2. The van der Waals surface area contributed by atoms with Crippen LogP contribution in [0.4, 0.5) is 0 Å². The Morgan fingerprint density at radius 1 is 1.57 bits per heavy atom. The summed E-state index contributed by atoms with van der Waals surface area (Å²) in [5, 5.41) is 1.80. The summed E-state index contributed by atoms with van der Waals surface area (Å²) < 4.78 is 5.11. The summed E-state index contributed by atoms with van der Waals surface area (Å²) in [5.41, 5.74) is 1.33. The second-order valence-corrected chi connectivity index (χ2v) is 4.71. The van der Waals surface area contributed by atoms with E-state index in [1.54, 1.807) is 7.11 Å². The molecule has 1 fully saturated rings. The Kier molecular flexibility index (Phi) is 3.03. The number of hydrogen-bond donors (Lipinski definition) is 0. The van der Waals surface area contributed by atoms with Crippen molar-refractivity contribution >= 4 is 27.5 Å². The van der Waals surface area contributed by atoms with E-state index in [9.17, 15) is 0 Å². The third-order valence-corrected chi connectivity index (χ3v) is 3.85. The minimum atomic E-state index is 0.692. The first kappa shape index (κ1) is 10.3. The average molecular weight is 276 g/mol. The van der Waals surface area contributed by atoms with Gasteiger partial charge in [0.25, 0.3) is 0 Å². The van der Waals surface area contributed by atoms with Crippen LogP contribution < -0.4 is 4.74 Å². The maximum absolute atomic E-state index is 6.06. The van der Waals surface area contributed by atoms with Crippen molar-refractivity contribution in [2.24, 2.45) is 5.92 Å². The van der Waals surface area contributed by atoms with Gasteiger partial charge in [0.1, 0.15) is 5.75 Å². The molecule has 3 heteroatoms. The van der Waals surface area contributed by atoms with E-state index in [4.69, 9.17) is 16.3 Å². The normalized spacial score (nSPS) is 24.8. The van der Waals surface area contributed by atoms with E-state index in [0.29, 0.717) is 10.9 Å². The van der Waals surface area contributed by atoms with Gasteiger partial charge in [0, 0.05) is 5.33 Å². The molecule has 2 rings (SSSR count). The van der Waals surface area contributed by atoms with E-state index in [1.807, 2.05) is 12.1 Å². The number of hydrogen-bond acceptors (Lipinski definition) is 1. The molecule has 0 aromatic heterocycles. The first-order chi connectivity index (χ1) is 6.76. The van der Waals surface area contributed by atoms with Crippen molar-refractivity contribution in [2.75, 3.05) is 12.4 Å². The molecule has 0 radical (unpaired) electrons. The molecule has 0 spiro atoms. The fraction of sp³-hybridized carbons (Fsp3) is 0.455. The lowest BCUT2D eigenvalue weighted by molar-refractivity contribution is 0.415. The molecule has 0 aliphatic heterocycles. The standard InChI is InChI=1S/C11H12BrClO/c1-14-11-3-2-7(5-10(11)13)9-4-8(9)6-12/h2-3,5,8-9H,4,6H2,1H3. The van der Waals surface area contributed by atoms with Gasteiger partial charge >= 0.3 is 0 Å². The highest BCUT2D eigenvalue weighted by atomic mass is 79.9. The Labute approximate surface area is 97.5 Å². The van der Waals surface area contributed by atoms with E-state index in [1.165, 1.54) is 12.0 Å². The van der Waals surface area contributed by atoms with Crippen molar-refractivity contribution in [1.82, 2.24) is 0 Å². The highest BCUT2D eigenvalue weighted by Gasteiger charge is 2.37. The van der Waals surface area contributed by atoms with Crippen molar-refractivity contribution in [3.8, 4) is 5.75 Å². The molecule has 2 unspecified atom stereocenters. The van der Waals surface area contributed by atoms with Crippen molar-refractivity contribution in [2.45, 2.75) is 12.3 Å². The summed E-state index contributed by atoms with van der Waals surface area (Å²) in [7, 11) is 1.64. The van der Waals surface area contributed by atoms with Gasteiger partial charge in [-0.2, -0.15) is 0 Å². The van der Waals surface area contributed by atoms with Crippen LogP contribution >= 0.6 is 27.5 Å². The minimum absolute atomic E-state index is 0.692. The molecular weight excluding hydrogens is 263 g/mol. The van der Waals surface area contributed by atoms with Gasteiger partial charge in [-0.1, -0.05) is 33.6 Å². The van der Waals surface area contributed by atoms with Gasteiger partial charge in [0.2, 0.25) is 0 Å². The van der Waals surface area contributed by atoms with Crippen LogP contribution in [0, 0.1) is 5.92 Å². The number of methoxy groups -OCH3 is 1. The zero-order valence-corrected chi connectivity index (χ0v) is 10.3. The number of alkyl halides is 1. The van der Waals surface area contributed by atoms with E-state index < -0.39 is 0 Å². The summed E-state index contributed by atoms with van der Waals surface area (Å²) >= 11 is 9.56. The first-order valence-corrected chi connectivity index (χ1v) is 6.15. The number of ether oxygens (including phenoxy) is 1. The van der Waals surface area contributed by atoms with E-state index >= 15 is 0 Å². The van der Waals surface area contributed by atoms with Gasteiger partial charge in [-0.15, -0.1) is 0 Å². The number of rotatable bonds is 3. The van der Waals surface area contributed by atoms with Crippen molar-refractivity contribution in [3.05, 3.63) is 28.8 Å². The van der Waals surface area contributed by atoms with Gasteiger partial charge in [-0.25, -0.2) is 0 Å². The Hall–Kier alpha value is -0.210. The summed E-state index contributed by atoms with van der Waals surface area (Å²) in [5.74, 6) is 2.24. The molecule has 1 aromatic carbocycles. The molecule has 1 aliphatic carbocycles. The second-order valence-electron chi connectivity index (χ2n) is 3.65. The third-order valence-electron chi connectivity index (χ3n) is 2.72. The van der Waals surface area contributed by atoms with Gasteiger partial charge in [-0.3, -0.25) is 0 Å². The second kappa shape index (κ2) is 4.11. The SMILES string of the molecule is COc1ccc(C2CC2CBr)cc1Cl. The van der Waals surface area contributed by atoms with Crippen LogP contribution in [0.2, 0.25) is 5.02 Å². The number of benzene rings is 1. The van der Waals surface area contributed by atoms with Crippen LogP contribution in [0.15, 0.2) is 18.2 Å². The largest absolute Gasteiger partial charge is 0.495 e. The Morgan fingerprint density at radius 2 is 2.36 bits per heavy atom. The lowest BCUT2D eigenvalue weighted by atomic mass is 10.1. The van der Waals surface area contributed by atoms with E-state index in [2.05, 4.69) is 22.0 Å². The molecule has 1 nitrogen and oxygen atoms in total. The van der Waals surface area contributed by atoms with Crippen LogP contribution in [0.5, 0.6) is 5.75 Å². The van der Waals surface area contributed by atoms with Crippen LogP contribution in [0.3, 0.4) is 0 Å². The predicted octanol–water partition coefficient (Wildman–Crippen LogP) is 3.85. The van der Waals surface area contributed by atoms with Crippen molar-refractivity contribution in [1.29, 1.82) is 0 Å². The summed E-state index contributed by atoms with van der Waals surface area (Å²) in [6.07, 6.45) is 1.27. The predicted molar refractivity (Wildman–Crippen MR) is 62.6 cm³/mol. The quantitative estimate of drug-likeness (QED) is 0.762. The molecule has 1 aromatic rings. The highest BCUT2D eigenvalue weighted by Crippen LogP contribution is 2.49. The zero-order chi connectivity index (χ0) is 10.1. The Balaban J connectivity index is 2.17. The van der Waals surface area contributed by atoms with E-state index in [-0.39, 0.29) is 0 Å². The smallest absolute Gasteiger partial charge is 0.137 e. The molecule has 0 saturated heterocycles. The third kappa shape index (κ3) is 1.91. The van der Waals surface area contributed by atoms with Gasteiger partial charge < -0.3 is 4.74 Å². The Morgan fingerprint density at radius 3 is 2.86 bits per heavy atom. The van der Waals surface area contributed by atoms with Crippen LogP contribution in [0.25, 0.3) is 0 Å². The fourth-order valence-corrected chi connectivity index (χ4v) is 2.72. The summed E-state index contributed by atoms with van der Waals surface area (Å²) in [6.45, 7) is 0. The van der Waals surface area contributed by atoms with Crippen LogP contribution in [-0.2, 0) is 0 Å². The van der Waals surface area contributed by atoms with Crippen molar-refractivity contribution in [3.63, 3.8) is 0 Å². The summed E-state index contributed by atoms with van der Waals surface area (Å²) in [6, 6.07) is 6.08. The molecule has 76 valence electrons. The van der Waals surface area contributed by atoms with Crippen LogP contribution in [-0.4, -0.2) is 12.4 Å². The molecular formula is C11H12BrClO. The molecule has 1 saturated carbocycles. The Bertz CT molecular complexity index is 340. The summed E-state index contributed by atoms with van der Waals surface area (Å²) in [4.78, 5) is 0. The average Bonchev–Trinajstić information content (AvgIpc) is 2.96. The fourth-order valence-electron chi connectivity index (χ4n) is 1.74. The first-order valence-electron chi connectivity index (χ1n) is 4.65. The molecule has 0 bridgehead atoms. The van der Waals surface area contributed by atoms with Gasteiger partial charge in [0.05, 0.1) is 12.1 Å². The molecule has 1 aliphatic rings. The lowest BCUT2D eigenvalue weighted by Crippen LogP contribution is -1.88. The zero-order valence-electron chi connectivity index (χ0n) is 7.97. The topological polar surface area (TPSA) is 9.23 Å². The lowest BCUT2D eigenvalue weighted by Gasteiger charge is -2.05. The molecule has 0 N–H and O–H groups in total.